The van der Waals surface area contributed by atoms with Crippen LogP contribution in [0.1, 0.15) is 129 Å². The number of rotatable bonds is 28. The molecule has 0 spiro atoms. The number of ether oxygens (including phenoxy) is 2. The van der Waals surface area contributed by atoms with Crippen LogP contribution in [0.15, 0.2) is 60.8 Å². The van der Waals surface area contributed by atoms with Crippen molar-refractivity contribution in [2.45, 2.75) is 136 Å². The molecule has 39 heavy (non-hydrogen) atoms. The van der Waals surface area contributed by atoms with Crippen LogP contribution < -0.4 is 0 Å². The Kier molecular flexibility index (Phi) is 30.7. The van der Waals surface area contributed by atoms with E-state index >= 15 is 0 Å². The minimum atomic E-state index is -0.554. The molecule has 0 aliphatic heterocycles. The number of carbonyl (C=O) groups excluding carboxylic acids is 1. The lowest BCUT2D eigenvalue weighted by Crippen LogP contribution is -2.27. The summed E-state index contributed by atoms with van der Waals surface area (Å²) in [6.07, 6.45) is 41.1. The molecule has 0 aromatic rings. The van der Waals surface area contributed by atoms with Crippen LogP contribution in [0.3, 0.4) is 0 Å². The first kappa shape index (κ1) is 37.1. The highest BCUT2D eigenvalue weighted by molar-refractivity contribution is 5.69. The van der Waals surface area contributed by atoms with E-state index in [9.17, 15) is 9.90 Å². The molecule has 0 saturated carbocycles. The average molecular weight is 545 g/mol. The molecule has 0 rings (SSSR count). The number of aliphatic hydroxyl groups excluding tert-OH is 1. The fraction of sp³-hybridized carbons (Fsp3) is 0.686. The molecule has 0 amide bonds. The Hall–Kier alpha value is -1.91. The maximum atomic E-state index is 12.0. The smallest absolute Gasteiger partial charge is 0.306 e. The molecule has 0 aliphatic rings. The molecule has 0 aliphatic carbocycles. The Morgan fingerprint density at radius 2 is 1.15 bits per heavy atom. The largest absolute Gasteiger partial charge is 0.457 e. The van der Waals surface area contributed by atoms with Crippen LogP contribution in [0.4, 0.5) is 0 Å². The van der Waals surface area contributed by atoms with Crippen molar-refractivity contribution in [1.29, 1.82) is 0 Å². The molecular weight excluding hydrogens is 484 g/mol. The quantitative estimate of drug-likeness (QED) is 0.0605. The summed E-state index contributed by atoms with van der Waals surface area (Å²) in [5, 5.41) is 9.48. The summed E-state index contributed by atoms with van der Waals surface area (Å²) >= 11 is 0. The molecule has 0 aromatic heterocycles. The van der Waals surface area contributed by atoms with Crippen LogP contribution in [-0.4, -0.2) is 37.0 Å². The van der Waals surface area contributed by atoms with E-state index in [1.165, 1.54) is 44.9 Å². The first-order chi connectivity index (χ1) is 19.2. The van der Waals surface area contributed by atoms with Crippen LogP contribution in [0, 0.1) is 0 Å². The van der Waals surface area contributed by atoms with Crippen LogP contribution >= 0.6 is 0 Å². The normalized spacial score (nSPS) is 13.2. The number of hydrogen-bond acceptors (Lipinski definition) is 4. The molecule has 4 nitrogen and oxygen atoms in total. The number of unbranched alkanes of at least 4 members (excludes halogenated alkanes) is 10. The van der Waals surface area contributed by atoms with E-state index in [0.29, 0.717) is 13.0 Å². The van der Waals surface area contributed by atoms with E-state index in [1.807, 2.05) is 0 Å². The minimum absolute atomic E-state index is 0.191. The maximum absolute atomic E-state index is 12.0. The summed E-state index contributed by atoms with van der Waals surface area (Å²) in [6, 6.07) is 0. The lowest BCUT2D eigenvalue weighted by molar-refractivity contribution is -0.154. The molecule has 0 bridgehead atoms. The highest BCUT2D eigenvalue weighted by Gasteiger charge is 2.13. The van der Waals surface area contributed by atoms with E-state index in [2.05, 4.69) is 74.6 Å². The van der Waals surface area contributed by atoms with Crippen LogP contribution in [-0.2, 0) is 14.3 Å². The minimum Gasteiger partial charge on any atom is -0.457 e. The third kappa shape index (κ3) is 30.5. The predicted octanol–water partition coefficient (Wildman–Crippen LogP) is 9.75. The molecular formula is C35H60O4. The predicted molar refractivity (Wildman–Crippen MR) is 168 cm³/mol. The summed E-state index contributed by atoms with van der Waals surface area (Å²) in [4.78, 5) is 12.0. The van der Waals surface area contributed by atoms with Gasteiger partial charge in [0, 0.05) is 13.0 Å². The van der Waals surface area contributed by atoms with Crippen molar-refractivity contribution in [3.63, 3.8) is 0 Å². The van der Waals surface area contributed by atoms with Gasteiger partial charge in [-0.25, -0.2) is 0 Å². The molecule has 0 fully saturated rings. The van der Waals surface area contributed by atoms with Gasteiger partial charge in [-0.15, -0.1) is 0 Å². The van der Waals surface area contributed by atoms with Crippen molar-refractivity contribution >= 4 is 5.97 Å². The van der Waals surface area contributed by atoms with Gasteiger partial charge in [-0.05, 0) is 57.8 Å². The van der Waals surface area contributed by atoms with Crippen molar-refractivity contribution in [3.05, 3.63) is 60.8 Å². The lowest BCUT2D eigenvalue weighted by Gasteiger charge is -2.15. The highest BCUT2D eigenvalue weighted by Crippen LogP contribution is 2.11. The zero-order valence-corrected chi connectivity index (χ0v) is 25.4. The Balaban J connectivity index is 3.59. The first-order valence-corrected chi connectivity index (χ1v) is 15.9. The molecule has 1 N–H and O–H groups in total. The summed E-state index contributed by atoms with van der Waals surface area (Å²) in [5.74, 6) is -0.223. The van der Waals surface area contributed by atoms with Gasteiger partial charge in [0.15, 0.2) is 0 Å². The van der Waals surface area contributed by atoms with E-state index in [-0.39, 0.29) is 19.2 Å². The molecule has 1 atom stereocenters. The number of aliphatic hydroxyl groups is 1. The average Bonchev–Trinajstić information content (AvgIpc) is 2.94. The molecule has 0 aromatic carbocycles. The second-order valence-electron chi connectivity index (χ2n) is 10.2. The van der Waals surface area contributed by atoms with E-state index < -0.39 is 6.10 Å². The number of esters is 1. The monoisotopic (exact) mass is 544 g/mol. The Morgan fingerprint density at radius 3 is 1.69 bits per heavy atom. The second-order valence-corrected chi connectivity index (χ2v) is 10.2. The van der Waals surface area contributed by atoms with E-state index in [0.717, 1.165) is 64.2 Å². The molecule has 0 radical (unpaired) electrons. The standard InChI is InChI=1S/C35H60O4/c1-3-5-7-9-11-13-14-15-16-17-18-19-20-21-23-25-27-29-31-38-33-34(32-36)39-35(37)30-28-26-24-22-12-10-8-6-4-2/h5,7,11,13,15-16,18-19,21,23,34,36H,3-4,6,8-10,12,14,17,20,22,24-33H2,1-2H3/b7-5-,13-11-,16-15-,19-18-,23-21-. The maximum Gasteiger partial charge on any atom is 0.306 e. The fourth-order valence-corrected chi connectivity index (χ4v) is 4.00. The second kappa shape index (κ2) is 32.3. The lowest BCUT2D eigenvalue weighted by atomic mass is 10.1. The van der Waals surface area contributed by atoms with Gasteiger partial charge in [-0.3, -0.25) is 4.79 Å². The zero-order chi connectivity index (χ0) is 28.5. The summed E-state index contributed by atoms with van der Waals surface area (Å²) in [7, 11) is 0. The van der Waals surface area contributed by atoms with Gasteiger partial charge < -0.3 is 14.6 Å². The number of hydrogen-bond donors (Lipinski definition) is 1. The van der Waals surface area contributed by atoms with Crippen molar-refractivity contribution in [2.24, 2.45) is 0 Å². The molecule has 0 saturated heterocycles. The van der Waals surface area contributed by atoms with Gasteiger partial charge in [0.25, 0.3) is 0 Å². The van der Waals surface area contributed by atoms with Crippen LogP contribution in [0.2, 0.25) is 0 Å². The number of allylic oxidation sites excluding steroid dienone is 10. The Labute approximate surface area is 241 Å². The van der Waals surface area contributed by atoms with Crippen molar-refractivity contribution in [3.8, 4) is 0 Å². The van der Waals surface area contributed by atoms with Gasteiger partial charge >= 0.3 is 5.97 Å². The van der Waals surface area contributed by atoms with Gasteiger partial charge in [0.2, 0.25) is 0 Å². The van der Waals surface area contributed by atoms with Gasteiger partial charge in [-0.2, -0.15) is 0 Å². The van der Waals surface area contributed by atoms with Crippen molar-refractivity contribution in [1.82, 2.24) is 0 Å². The van der Waals surface area contributed by atoms with Gasteiger partial charge in [-0.1, -0.05) is 126 Å². The van der Waals surface area contributed by atoms with Gasteiger partial charge in [0.05, 0.1) is 13.2 Å². The zero-order valence-electron chi connectivity index (χ0n) is 25.4. The molecule has 4 heteroatoms. The van der Waals surface area contributed by atoms with Crippen LogP contribution in [0.5, 0.6) is 0 Å². The SMILES string of the molecule is CC/C=C\C/C=C\C/C=C\C/C=C\C/C=C\CCCCOCC(CO)OC(=O)CCCCCCCCCCC. The first-order valence-electron chi connectivity index (χ1n) is 15.9. The molecule has 224 valence electrons. The third-order valence-electron chi connectivity index (χ3n) is 6.36. The summed E-state index contributed by atoms with van der Waals surface area (Å²) in [6.45, 7) is 5.09. The van der Waals surface area contributed by atoms with E-state index in [4.69, 9.17) is 9.47 Å². The van der Waals surface area contributed by atoms with E-state index in [1.54, 1.807) is 0 Å². The van der Waals surface area contributed by atoms with Crippen molar-refractivity contribution in [2.75, 3.05) is 19.8 Å². The molecule has 1 unspecified atom stereocenters. The number of carbonyl (C=O) groups is 1. The van der Waals surface area contributed by atoms with Gasteiger partial charge in [0.1, 0.15) is 6.10 Å². The fourth-order valence-electron chi connectivity index (χ4n) is 4.00. The highest BCUT2D eigenvalue weighted by atomic mass is 16.6. The summed E-state index contributed by atoms with van der Waals surface area (Å²) < 4.78 is 11.0. The Bertz CT molecular complexity index is 660. The topological polar surface area (TPSA) is 55.8 Å². The van der Waals surface area contributed by atoms with Crippen molar-refractivity contribution < 1.29 is 19.4 Å². The Morgan fingerprint density at radius 1 is 0.641 bits per heavy atom. The molecule has 0 heterocycles. The summed E-state index contributed by atoms with van der Waals surface area (Å²) in [5.41, 5.74) is 0. The van der Waals surface area contributed by atoms with Crippen LogP contribution in [0.25, 0.3) is 0 Å². The third-order valence-corrected chi connectivity index (χ3v) is 6.36.